The Labute approximate surface area is 83.1 Å². The summed E-state index contributed by atoms with van der Waals surface area (Å²) in [6.45, 7) is 3.20. The lowest BCUT2D eigenvalue weighted by Crippen LogP contribution is -2.14. The molecule has 72 valence electrons. The van der Waals surface area contributed by atoms with Gasteiger partial charge in [0.1, 0.15) is 0 Å². The fraction of sp³-hybridized carbons (Fsp3) is 0.333. The molecule has 1 aromatic rings. The normalized spacial score (nSPS) is 10.1. The van der Waals surface area contributed by atoms with Gasteiger partial charge in [0.2, 0.25) is 0 Å². The number of nitrogen functional groups attached to an aromatic ring is 1. The Morgan fingerprint density at radius 2 is 2.15 bits per heavy atom. The first-order valence-corrected chi connectivity index (χ1v) is 4.53. The van der Waals surface area contributed by atoms with Gasteiger partial charge in [-0.2, -0.15) is 0 Å². The zero-order valence-electron chi connectivity index (χ0n) is 7.60. The number of hydrogen-bond acceptors (Lipinski definition) is 3. The van der Waals surface area contributed by atoms with Gasteiger partial charge in [-0.1, -0.05) is 11.6 Å². The van der Waals surface area contributed by atoms with Crippen molar-refractivity contribution >= 4 is 23.0 Å². The lowest BCUT2D eigenvalue weighted by atomic mass is 10.1. The molecular weight excluding hydrogens is 186 g/mol. The molecule has 0 heterocycles. The molecule has 0 amide bonds. The largest absolute Gasteiger partial charge is 0.397 e. The summed E-state index contributed by atoms with van der Waals surface area (Å²) in [6, 6.07) is 3.58. The van der Waals surface area contributed by atoms with Crippen LogP contribution in [0.5, 0.6) is 0 Å². The van der Waals surface area contributed by atoms with E-state index in [1.165, 1.54) is 0 Å². The van der Waals surface area contributed by atoms with E-state index in [1.807, 2.05) is 6.92 Å². The highest BCUT2D eigenvalue weighted by Gasteiger charge is 2.05. The van der Waals surface area contributed by atoms with Crippen LogP contribution in [0.2, 0.25) is 5.02 Å². The van der Waals surface area contributed by atoms with Crippen LogP contribution in [0.1, 0.15) is 5.56 Å². The number of hydrogen-bond donors (Lipinski definition) is 3. The number of benzene rings is 1. The van der Waals surface area contributed by atoms with Crippen molar-refractivity contribution in [3.05, 3.63) is 22.7 Å². The molecule has 13 heavy (non-hydrogen) atoms. The summed E-state index contributed by atoms with van der Waals surface area (Å²) < 4.78 is 0. The third-order valence-electron chi connectivity index (χ3n) is 1.88. The molecule has 0 unspecified atom stereocenters. The first kappa shape index (κ1) is 10.2. The molecule has 0 saturated heterocycles. The van der Waals surface area contributed by atoms with Crippen molar-refractivity contribution in [3.8, 4) is 0 Å². The van der Waals surface area contributed by atoms with Gasteiger partial charge in [-0.25, -0.2) is 0 Å². The SMILES string of the molecule is Cc1c(Cl)ccc(N)c1NCCN. The zero-order valence-corrected chi connectivity index (χ0v) is 8.36. The molecule has 0 aromatic heterocycles. The summed E-state index contributed by atoms with van der Waals surface area (Å²) in [7, 11) is 0. The Balaban J connectivity index is 2.96. The molecule has 0 bridgehead atoms. The van der Waals surface area contributed by atoms with E-state index in [2.05, 4.69) is 5.32 Å². The molecule has 3 nitrogen and oxygen atoms in total. The van der Waals surface area contributed by atoms with Crippen LogP contribution in [0.25, 0.3) is 0 Å². The predicted molar refractivity (Wildman–Crippen MR) is 58.1 cm³/mol. The second-order valence-electron chi connectivity index (χ2n) is 2.85. The molecule has 0 aliphatic heterocycles. The van der Waals surface area contributed by atoms with Gasteiger partial charge in [0.05, 0.1) is 11.4 Å². The van der Waals surface area contributed by atoms with Crippen molar-refractivity contribution in [3.63, 3.8) is 0 Å². The molecule has 0 aliphatic carbocycles. The molecule has 1 rings (SSSR count). The second-order valence-corrected chi connectivity index (χ2v) is 3.26. The summed E-state index contributed by atoms with van der Waals surface area (Å²) in [6.07, 6.45) is 0. The van der Waals surface area contributed by atoms with Gasteiger partial charge < -0.3 is 16.8 Å². The summed E-state index contributed by atoms with van der Waals surface area (Å²) in [4.78, 5) is 0. The molecule has 0 radical (unpaired) electrons. The molecule has 0 aliphatic rings. The van der Waals surface area contributed by atoms with Crippen molar-refractivity contribution in [2.24, 2.45) is 5.73 Å². The Bertz CT molecular complexity index is 299. The minimum atomic E-state index is 0.575. The number of nitrogens with one attached hydrogen (secondary N) is 1. The van der Waals surface area contributed by atoms with Gasteiger partial charge in [-0.15, -0.1) is 0 Å². The highest BCUT2D eigenvalue weighted by atomic mass is 35.5. The third kappa shape index (κ3) is 2.26. The van der Waals surface area contributed by atoms with Crippen LogP contribution in [-0.2, 0) is 0 Å². The van der Waals surface area contributed by atoms with Crippen LogP contribution in [0.15, 0.2) is 12.1 Å². The van der Waals surface area contributed by atoms with Crippen LogP contribution in [0.3, 0.4) is 0 Å². The number of anilines is 2. The van der Waals surface area contributed by atoms with Gasteiger partial charge in [0.25, 0.3) is 0 Å². The van der Waals surface area contributed by atoms with Crippen molar-refractivity contribution in [2.75, 3.05) is 24.1 Å². The topological polar surface area (TPSA) is 64.1 Å². The van der Waals surface area contributed by atoms with E-state index < -0.39 is 0 Å². The Kier molecular flexibility index (Phi) is 3.39. The lowest BCUT2D eigenvalue weighted by Gasteiger charge is -2.12. The van der Waals surface area contributed by atoms with Crippen molar-refractivity contribution in [1.82, 2.24) is 0 Å². The molecule has 4 heteroatoms. The molecule has 0 fully saturated rings. The van der Waals surface area contributed by atoms with Crippen molar-refractivity contribution < 1.29 is 0 Å². The van der Waals surface area contributed by atoms with Crippen LogP contribution >= 0.6 is 11.6 Å². The van der Waals surface area contributed by atoms with Gasteiger partial charge in [-0.3, -0.25) is 0 Å². The first-order valence-electron chi connectivity index (χ1n) is 4.15. The van der Waals surface area contributed by atoms with E-state index in [0.717, 1.165) is 11.3 Å². The van der Waals surface area contributed by atoms with E-state index in [9.17, 15) is 0 Å². The lowest BCUT2D eigenvalue weighted by molar-refractivity contribution is 1.02. The minimum absolute atomic E-state index is 0.575. The number of halogens is 1. The Hall–Kier alpha value is -0.930. The summed E-state index contributed by atoms with van der Waals surface area (Å²) in [5.41, 5.74) is 13.7. The van der Waals surface area contributed by atoms with E-state index in [1.54, 1.807) is 12.1 Å². The van der Waals surface area contributed by atoms with E-state index in [-0.39, 0.29) is 0 Å². The molecule has 5 N–H and O–H groups in total. The molecule has 0 spiro atoms. The second kappa shape index (κ2) is 4.35. The Morgan fingerprint density at radius 1 is 1.46 bits per heavy atom. The monoisotopic (exact) mass is 199 g/mol. The van der Waals surface area contributed by atoms with Crippen LogP contribution in [-0.4, -0.2) is 13.1 Å². The van der Waals surface area contributed by atoms with Crippen LogP contribution in [0.4, 0.5) is 11.4 Å². The highest BCUT2D eigenvalue weighted by Crippen LogP contribution is 2.28. The maximum Gasteiger partial charge on any atom is 0.0619 e. The van der Waals surface area contributed by atoms with E-state index >= 15 is 0 Å². The number of rotatable bonds is 3. The van der Waals surface area contributed by atoms with E-state index in [4.69, 9.17) is 23.1 Å². The smallest absolute Gasteiger partial charge is 0.0619 e. The molecule has 0 saturated carbocycles. The predicted octanol–water partition coefficient (Wildman–Crippen LogP) is 1.60. The highest BCUT2D eigenvalue weighted by molar-refractivity contribution is 6.31. The number of nitrogens with two attached hydrogens (primary N) is 2. The fourth-order valence-corrected chi connectivity index (χ4v) is 1.30. The zero-order chi connectivity index (χ0) is 9.84. The average Bonchev–Trinajstić information content (AvgIpc) is 2.12. The van der Waals surface area contributed by atoms with E-state index in [0.29, 0.717) is 23.8 Å². The third-order valence-corrected chi connectivity index (χ3v) is 2.29. The summed E-state index contributed by atoms with van der Waals surface area (Å²) >= 11 is 5.94. The quantitative estimate of drug-likeness (QED) is 0.648. The maximum atomic E-state index is 5.94. The molecule has 1 aromatic carbocycles. The molecular formula is C9H14ClN3. The first-order chi connectivity index (χ1) is 6.16. The Morgan fingerprint density at radius 3 is 2.77 bits per heavy atom. The van der Waals surface area contributed by atoms with Crippen molar-refractivity contribution in [2.45, 2.75) is 6.92 Å². The van der Waals surface area contributed by atoms with Crippen molar-refractivity contribution in [1.29, 1.82) is 0 Å². The van der Waals surface area contributed by atoms with Crippen LogP contribution < -0.4 is 16.8 Å². The summed E-state index contributed by atoms with van der Waals surface area (Å²) in [5.74, 6) is 0. The van der Waals surface area contributed by atoms with Gasteiger partial charge in [0.15, 0.2) is 0 Å². The fourth-order valence-electron chi connectivity index (χ4n) is 1.14. The average molecular weight is 200 g/mol. The molecule has 0 atom stereocenters. The minimum Gasteiger partial charge on any atom is -0.397 e. The van der Waals surface area contributed by atoms with Gasteiger partial charge in [0, 0.05) is 18.1 Å². The maximum absolute atomic E-state index is 5.94. The standard InChI is InChI=1S/C9H14ClN3/c1-6-7(10)2-3-8(12)9(6)13-5-4-11/h2-3,13H,4-5,11-12H2,1H3. The van der Waals surface area contributed by atoms with Crippen LogP contribution in [0, 0.1) is 6.92 Å². The van der Waals surface area contributed by atoms with Gasteiger partial charge >= 0.3 is 0 Å². The van der Waals surface area contributed by atoms with Gasteiger partial charge in [-0.05, 0) is 24.6 Å². The summed E-state index contributed by atoms with van der Waals surface area (Å²) in [5, 5.41) is 3.85.